The Morgan fingerprint density at radius 1 is 1.31 bits per heavy atom. The number of benzene rings is 1. The van der Waals surface area contributed by atoms with Crippen molar-refractivity contribution in [3.8, 4) is 5.75 Å². The Balaban J connectivity index is 2.38. The Kier molecular flexibility index (Phi) is 6.92. The van der Waals surface area contributed by atoms with E-state index in [0.717, 1.165) is 16.9 Å². The standard InChI is InChI=1S/C24H29FN6O/c1-5-30-23-15(11-26)8-19(13(2)29-4)22(27)18-7-6-17(25)10-20(18)14(3)32-21-9-16(23)12-31-24(21)28/h6-7,9-12,14H,5,8,26-27H2,1-4H3,(H2,28,31)/t14-/m1/s1. The topological polar surface area (TPSA) is 125 Å². The van der Waals surface area contributed by atoms with E-state index in [1.165, 1.54) is 18.3 Å². The molecule has 0 spiro atoms. The van der Waals surface area contributed by atoms with E-state index in [-0.39, 0.29) is 11.6 Å². The van der Waals surface area contributed by atoms with Crippen molar-refractivity contribution in [1.82, 2.24) is 4.98 Å². The summed E-state index contributed by atoms with van der Waals surface area (Å²) in [5, 5.41) is 0. The third-order valence-corrected chi connectivity index (χ3v) is 5.49. The van der Waals surface area contributed by atoms with Crippen molar-refractivity contribution in [3.05, 3.63) is 70.3 Å². The fourth-order valence-electron chi connectivity index (χ4n) is 3.71. The predicted octanol–water partition coefficient (Wildman–Crippen LogP) is 3.76. The highest BCUT2D eigenvalue weighted by Gasteiger charge is 2.23. The molecule has 0 saturated heterocycles. The lowest BCUT2D eigenvalue weighted by Crippen LogP contribution is -2.18. The van der Waals surface area contributed by atoms with Gasteiger partial charge in [-0.15, -0.1) is 0 Å². The first-order valence-corrected chi connectivity index (χ1v) is 10.4. The summed E-state index contributed by atoms with van der Waals surface area (Å²) in [5.74, 6) is 0.212. The van der Waals surface area contributed by atoms with Crippen LogP contribution in [0.2, 0.25) is 0 Å². The monoisotopic (exact) mass is 436 g/mol. The Hall–Kier alpha value is -3.68. The van der Waals surface area contributed by atoms with Gasteiger partial charge in [0.2, 0.25) is 0 Å². The number of allylic oxidation sites excluding steroid dienone is 2. The molecule has 2 bridgehead atoms. The average Bonchev–Trinajstić information content (AvgIpc) is 2.78. The summed E-state index contributed by atoms with van der Waals surface area (Å²) in [6, 6.07) is 6.23. The maximum absolute atomic E-state index is 14.2. The SMILES string of the molecule is CCN=C1C(=CN)CC(C(C)=NC)=C(N)c2ccc(F)cc2[C@@H](C)Oc2cc1cnc2N. The number of rotatable bonds is 2. The van der Waals surface area contributed by atoms with E-state index in [0.29, 0.717) is 46.8 Å². The minimum Gasteiger partial charge on any atom is -0.482 e. The summed E-state index contributed by atoms with van der Waals surface area (Å²) >= 11 is 0. The number of hydrogen-bond donors (Lipinski definition) is 3. The zero-order valence-electron chi connectivity index (χ0n) is 18.8. The highest BCUT2D eigenvalue weighted by Crippen LogP contribution is 2.34. The number of nitrogens with two attached hydrogens (primary N) is 3. The van der Waals surface area contributed by atoms with E-state index in [1.54, 1.807) is 25.4 Å². The lowest BCUT2D eigenvalue weighted by atomic mass is 9.90. The molecule has 1 aromatic carbocycles. The van der Waals surface area contributed by atoms with Crippen LogP contribution in [-0.2, 0) is 0 Å². The van der Waals surface area contributed by atoms with Crippen molar-refractivity contribution in [3.63, 3.8) is 0 Å². The molecular formula is C24H29FN6O. The number of fused-ring (bicyclic) bond motifs is 3. The summed E-state index contributed by atoms with van der Waals surface area (Å²) in [6.45, 7) is 6.18. The van der Waals surface area contributed by atoms with Crippen molar-refractivity contribution in [2.24, 2.45) is 21.5 Å². The summed E-state index contributed by atoms with van der Waals surface area (Å²) in [4.78, 5) is 13.3. The molecule has 168 valence electrons. The number of hydrogen-bond acceptors (Lipinski definition) is 7. The third-order valence-electron chi connectivity index (χ3n) is 5.49. The van der Waals surface area contributed by atoms with Gasteiger partial charge in [0.25, 0.3) is 0 Å². The van der Waals surface area contributed by atoms with E-state index in [9.17, 15) is 4.39 Å². The normalized spacial score (nSPS) is 19.9. The van der Waals surface area contributed by atoms with Gasteiger partial charge in [0.15, 0.2) is 11.6 Å². The molecule has 3 rings (SSSR count). The molecule has 6 N–H and O–H groups in total. The molecular weight excluding hydrogens is 407 g/mol. The zero-order chi connectivity index (χ0) is 23.4. The summed E-state index contributed by atoms with van der Waals surface area (Å²) in [7, 11) is 1.70. The second-order valence-corrected chi connectivity index (χ2v) is 7.49. The van der Waals surface area contributed by atoms with Gasteiger partial charge in [0.1, 0.15) is 11.9 Å². The predicted molar refractivity (Wildman–Crippen MR) is 128 cm³/mol. The van der Waals surface area contributed by atoms with E-state index >= 15 is 0 Å². The van der Waals surface area contributed by atoms with Gasteiger partial charge in [-0.2, -0.15) is 0 Å². The Morgan fingerprint density at radius 2 is 2.06 bits per heavy atom. The smallest absolute Gasteiger partial charge is 0.166 e. The van der Waals surface area contributed by atoms with Crippen LogP contribution in [0.15, 0.2) is 57.8 Å². The highest BCUT2D eigenvalue weighted by atomic mass is 19.1. The van der Waals surface area contributed by atoms with Crippen LogP contribution < -0.4 is 21.9 Å². The van der Waals surface area contributed by atoms with Crippen molar-refractivity contribution in [1.29, 1.82) is 0 Å². The zero-order valence-corrected chi connectivity index (χ0v) is 18.8. The Labute approximate surface area is 187 Å². The number of ether oxygens (including phenoxy) is 1. The molecule has 0 fully saturated rings. The van der Waals surface area contributed by atoms with Gasteiger partial charge in [-0.05, 0) is 56.8 Å². The van der Waals surface area contributed by atoms with Crippen LogP contribution in [0.25, 0.3) is 5.70 Å². The molecule has 7 nitrogen and oxygen atoms in total. The molecule has 0 unspecified atom stereocenters. The number of aliphatic imine (C=N–C) groups is 2. The first kappa shape index (κ1) is 23.0. The molecule has 1 aliphatic heterocycles. The fourth-order valence-corrected chi connectivity index (χ4v) is 3.71. The minimum absolute atomic E-state index is 0.225. The Morgan fingerprint density at radius 3 is 2.72 bits per heavy atom. The quantitative estimate of drug-likeness (QED) is 0.618. The molecule has 8 heteroatoms. The molecule has 0 radical (unpaired) electrons. The van der Waals surface area contributed by atoms with Crippen molar-refractivity contribution in [2.45, 2.75) is 33.3 Å². The van der Waals surface area contributed by atoms with E-state index in [2.05, 4.69) is 15.0 Å². The largest absolute Gasteiger partial charge is 0.482 e. The average molecular weight is 437 g/mol. The van der Waals surface area contributed by atoms with Gasteiger partial charge in [0.05, 0.1) is 5.71 Å². The number of nitrogen functional groups attached to an aromatic ring is 1. The Bertz CT molecular complexity index is 1150. The fraction of sp³-hybridized carbons (Fsp3) is 0.292. The number of nitrogens with zero attached hydrogens (tertiary/aromatic N) is 3. The van der Waals surface area contributed by atoms with Crippen LogP contribution in [0.4, 0.5) is 10.2 Å². The van der Waals surface area contributed by atoms with Crippen LogP contribution in [0, 0.1) is 5.82 Å². The number of aromatic nitrogens is 1. The van der Waals surface area contributed by atoms with Gasteiger partial charge in [0, 0.05) is 59.9 Å². The van der Waals surface area contributed by atoms with Gasteiger partial charge in [-0.1, -0.05) is 0 Å². The molecule has 2 aromatic rings. The van der Waals surface area contributed by atoms with Crippen LogP contribution in [0.5, 0.6) is 5.75 Å². The van der Waals surface area contributed by atoms with Gasteiger partial charge < -0.3 is 21.9 Å². The highest BCUT2D eigenvalue weighted by molar-refractivity contribution is 6.15. The number of anilines is 1. The number of halogens is 1. The second kappa shape index (κ2) is 9.64. The molecule has 1 aliphatic rings. The molecule has 0 aliphatic carbocycles. The maximum Gasteiger partial charge on any atom is 0.166 e. The molecule has 2 heterocycles. The van der Waals surface area contributed by atoms with Crippen molar-refractivity contribution < 1.29 is 9.13 Å². The summed E-state index contributed by atoms with van der Waals surface area (Å²) in [6.07, 6.45) is 2.99. The third kappa shape index (κ3) is 4.49. The van der Waals surface area contributed by atoms with Crippen LogP contribution >= 0.6 is 0 Å². The lowest BCUT2D eigenvalue weighted by Gasteiger charge is -2.23. The van der Waals surface area contributed by atoms with Gasteiger partial charge >= 0.3 is 0 Å². The van der Waals surface area contributed by atoms with E-state index < -0.39 is 6.10 Å². The van der Waals surface area contributed by atoms with E-state index in [1.807, 2.05) is 20.8 Å². The first-order chi connectivity index (χ1) is 15.3. The van der Waals surface area contributed by atoms with Crippen LogP contribution in [-0.4, -0.2) is 30.0 Å². The maximum atomic E-state index is 14.2. The molecule has 0 saturated carbocycles. The summed E-state index contributed by atoms with van der Waals surface area (Å²) < 4.78 is 20.3. The molecule has 32 heavy (non-hydrogen) atoms. The van der Waals surface area contributed by atoms with Gasteiger partial charge in [-0.25, -0.2) is 9.37 Å². The second-order valence-electron chi connectivity index (χ2n) is 7.49. The van der Waals surface area contributed by atoms with Crippen molar-refractivity contribution in [2.75, 3.05) is 19.3 Å². The first-order valence-electron chi connectivity index (χ1n) is 10.4. The van der Waals surface area contributed by atoms with E-state index in [4.69, 9.17) is 21.9 Å². The molecule has 1 atom stereocenters. The minimum atomic E-state index is -0.547. The number of pyridine rings is 1. The molecule has 0 amide bonds. The summed E-state index contributed by atoms with van der Waals surface area (Å²) in [5.41, 5.74) is 24.2. The lowest BCUT2D eigenvalue weighted by molar-refractivity contribution is 0.226. The molecule has 1 aromatic heterocycles. The van der Waals surface area contributed by atoms with Crippen molar-refractivity contribution >= 4 is 22.9 Å². The van der Waals surface area contributed by atoms with Crippen LogP contribution in [0.1, 0.15) is 50.0 Å². The van der Waals surface area contributed by atoms with Gasteiger partial charge in [-0.3, -0.25) is 9.98 Å². The van der Waals surface area contributed by atoms with Crippen LogP contribution in [0.3, 0.4) is 0 Å².